The monoisotopic (exact) mass is 263 g/mol. The molecule has 4 atom stereocenters. The van der Waals surface area contributed by atoms with E-state index in [1.807, 2.05) is 0 Å². The zero-order chi connectivity index (χ0) is 13.8. The Morgan fingerprint density at radius 1 is 1.56 bits per heavy atom. The molecule has 7 heteroatoms. The Bertz CT molecular complexity index is 287. The van der Waals surface area contributed by atoms with Crippen LogP contribution in [0.2, 0.25) is 0 Å². The molecule has 1 fully saturated rings. The summed E-state index contributed by atoms with van der Waals surface area (Å²) in [6, 6.07) is 0. The Balaban J connectivity index is 2.17. The van der Waals surface area contributed by atoms with Gasteiger partial charge in [-0.2, -0.15) is 0 Å². The average molecular weight is 263 g/mol. The van der Waals surface area contributed by atoms with Crippen molar-refractivity contribution in [3.8, 4) is 0 Å². The Kier molecular flexibility index (Phi) is 5.48. The molecule has 0 saturated carbocycles. The van der Waals surface area contributed by atoms with Crippen molar-refractivity contribution in [3.05, 3.63) is 0 Å². The Hall–Kier alpha value is -0.730. The third kappa shape index (κ3) is 3.89. The van der Waals surface area contributed by atoms with Gasteiger partial charge in [-0.3, -0.25) is 4.79 Å². The van der Waals surface area contributed by atoms with Crippen molar-refractivity contribution < 1.29 is 30.0 Å². The molecule has 1 rings (SSSR count). The molecule has 0 radical (unpaired) electrons. The molecule has 0 bridgehead atoms. The number of carbonyl (C=O) groups is 1. The first-order valence-electron chi connectivity index (χ1n) is 6.03. The van der Waals surface area contributed by atoms with Crippen LogP contribution in [0.4, 0.5) is 0 Å². The molecule has 1 unspecified atom stereocenters. The molecular weight excluding hydrogens is 242 g/mol. The van der Waals surface area contributed by atoms with Crippen molar-refractivity contribution in [3.63, 3.8) is 0 Å². The fraction of sp³-hybridized carbons (Fsp3) is 0.909. The molecule has 0 amide bonds. The van der Waals surface area contributed by atoms with Gasteiger partial charge in [0.1, 0.15) is 12.2 Å². The van der Waals surface area contributed by atoms with Gasteiger partial charge < -0.3 is 30.5 Å². The lowest BCUT2D eigenvalue weighted by molar-refractivity contribution is -0.211. The normalized spacial score (nSPS) is 33.6. The van der Waals surface area contributed by atoms with Crippen molar-refractivity contribution in [1.29, 1.82) is 0 Å². The summed E-state index contributed by atoms with van der Waals surface area (Å²) < 4.78 is 4.93. The molecule has 0 aromatic rings. The van der Waals surface area contributed by atoms with E-state index in [2.05, 4.69) is 5.32 Å². The van der Waals surface area contributed by atoms with E-state index < -0.39 is 29.9 Å². The zero-order valence-corrected chi connectivity index (χ0v) is 10.4. The van der Waals surface area contributed by atoms with Gasteiger partial charge in [0.05, 0.1) is 19.1 Å². The second-order valence-corrected chi connectivity index (χ2v) is 4.73. The highest BCUT2D eigenvalue weighted by Crippen LogP contribution is 2.23. The van der Waals surface area contributed by atoms with E-state index in [0.717, 1.165) is 0 Å². The third-order valence-electron chi connectivity index (χ3n) is 3.12. The molecule has 18 heavy (non-hydrogen) atoms. The van der Waals surface area contributed by atoms with Crippen molar-refractivity contribution in [2.24, 2.45) is 5.92 Å². The van der Waals surface area contributed by atoms with Crippen molar-refractivity contribution >= 4 is 5.97 Å². The van der Waals surface area contributed by atoms with Gasteiger partial charge in [0.15, 0.2) is 0 Å². The summed E-state index contributed by atoms with van der Waals surface area (Å²) >= 11 is 0. The number of nitrogens with one attached hydrogen (secondary N) is 1. The lowest BCUT2D eigenvalue weighted by atomic mass is 10.1. The molecule has 1 saturated heterocycles. The largest absolute Gasteiger partial charge is 0.481 e. The van der Waals surface area contributed by atoms with Crippen LogP contribution >= 0.6 is 0 Å². The van der Waals surface area contributed by atoms with Crippen molar-refractivity contribution in [2.75, 3.05) is 19.7 Å². The number of carboxylic acid groups (broad SMARTS) is 1. The van der Waals surface area contributed by atoms with Crippen LogP contribution in [-0.2, 0) is 9.53 Å². The van der Waals surface area contributed by atoms with Crippen LogP contribution in [0.3, 0.4) is 0 Å². The van der Waals surface area contributed by atoms with E-state index in [0.29, 0.717) is 19.4 Å². The van der Waals surface area contributed by atoms with E-state index in [9.17, 15) is 20.1 Å². The summed E-state index contributed by atoms with van der Waals surface area (Å²) in [5.74, 6) is -2.99. The predicted molar refractivity (Wildman–Crippen MR) is 61.8 cm³/mol. The van der Waals surface area contributed by atoms with Gasteiger partial charge in [0, 0.05) is 0 Å². The quantitative estimate of drug-likeness (QED) is 0.355. The smallest absolute Gasteiger partial charge is 0.306 e. The van der Waals surface area contributed by atoms with E-state index in [1.165, 1.54) is 0 Å². The maximum Gasteiger partial charge on any atom is 0.306 e. The number of carboxylic acids is 1. The highest BCUT2D eigenvalue weighted by Gasteiger charge is 2.47. The Labute approximate surface area is 105 Å². The number of ether oxygens (including phenoxy) is 1. The maximum absolute atomic E-state index is 10.6. The molecule has 0 aliphatic carbocycles. The first kappa shape index (κ1) is 15.3. The summed E-state index contributed by atoms with van der Waals surface area (Å²) in [5, 5.41) is 40.1. The topological polar surface area (TPSA) is 119 Å². The van der Waals surface area contributed by atoms with E-state index in [-0.39, 0.29) is 13.2 Å². The molecule has 5 N–H and O–H groups in total. The fourth-order valence-electron chi connectivity index (χ4n) is 1.79. The van der Waals surface area contributed by atoms with Crippen LogP contribution in [0, 0.1) is 5.92 Å². The molecule has 7 nitrogen and oxygen atoms in total. The second-order valence-electron chi connectivity index (χ2n) is 4.73. The van der Waals surface area contributed by atoms with Crippen LogP contribution < -0.4 is 5.32 Å². The van der Waals surface area contributed by atoms with Gasteiger partial charge in [-0.25, -0.2) is 0 Å². The highest BCUT2D eigenvalue weighted by atomic mass is 16.7. The minimum atomic E-state index is -1.77. The number of hydrogen-bond acceptors (Lipinski definition) is 6. The first-order chi connectivity index (χ1) is 8.37. The van der Waals surface area contributed by atoms with E-state index >= 15 is 0 Å². The molecule has 0 spiro atoms. The van der Waals surface area contributed by atoms with Crippen LogP contribution in [0.25, 0.3) is 0 Å². The second kappa shape index (κ2) is 6.44. The number of aliphatic hydroxyl groups excluding tert-OH is 2. The highest BCUT2D eigenvalue weighted by molar-refractivity contribution is 5.69. The van der Waals surface area contributed by atoms with Crippen molar-refractivity contribution in [1.82, 2.24) is 5.32 Å². The molecule has 0 aromatic carbocycles. The molecule has 1 aliphatic rings. The molecule has 1 aliphatic heterocycles. The van der Waals surface area contributed by atoms with Gasteiger partial charge in [-0.05, 0) is 19.4 Å². The molecule has 1 heterocycles. The molecule has 106 valence electrons. The lowest BCUT2D eigenvalue weighted by Crippen LogP contribution is -2.50. The summed E-state index contributed by atoms with van der Waals surface area (Å²) in [6.45, 7) is 2.03. The van der Waals surface area contributed by atoms with Gasteiger partial charge >= 0.3 is 5.97 Å². The van der Waals surface area contributed by atoms with Crippen molar-refractivity contribution in [2.45, 2.75) is 37.8 Å². The van der Waals surface area contributed by atoms with Crippen LogP contribution in [-0.4, -0.2) is 64.1 Å². The third-order valence-corrected chi connectivity index (χ3v) is 3.12. The first-order valence-corrected chi connectivity index (χ1v) is 6.03. The maximum atomic E-state index is 10.6. The lowest BCUT2D eigenvalue weighted by Gasteiger charge is -2.26. The SMILES string of the molecule is C[C@@H](CCCNCC1(O)OC[C@@H](O)[C@H]1O)C(=O)O. The fourth-order valence-corrected chi connectivity index (χ4v) is 1.79. The standard InChI is InChI=1S/C11H21NO6/c1-7(10(15)16)3-2-4-12-6-11(17)9(14)8(13)5-18-11/h7-9,12-14,17H,2-6H2,1H3,(H,15,16)/t7-,8+,9+,11?/m0/s1. The number of hydrogen-bond donors (Lipinski definition) is 5. The van der Waals surface area contributed by atoms with E-state index in [1.54, 1.807) is 6.92 Å². The molecule has 0 aromatic heterocycles. The summed E-state index contributed by atoms with van der Waals surface area (Å²) in [5.41, 5.74) is 0. The van der Waals surface area contributed by atoms with Crippen LogP contribution in [0.5, 0.6) is 0 Å². The predicted octanol–water partition coefficient (Wildman–Crippen LogP) is -1.48. The Morgan fingerprint density at radius 3 is 2.72 bits per heavy atom. The Morgan fingerprint density at radius 2 is 2.22 bits per heavy atom. The summed E-state index contributed by atoms with van der Waals surface area (Å²) in [7, 11) is 0. The minimum absolute atomic E-state index is 0.00726. The number of aliphatic hydroxyl groups is 3. The summed E-state index contributed by atoms with van der Waals surface area (Å²) in [4.78, 5) is 10.6. The van der Waals surface area contributed by atoms with E-state index in [4.69, 9.17) is 9.84 Å². The van der Waals surface area contributed by atoms with Gasteiger partial charge in [0.2, 0.25) is 5.79 Å². The number of aliphatic carboxylic acids is 1. The zero-order valence-electron chi connectivity index (χ0n) is 10.4. The summed E-state index contributed by atoms with van der Waals surface area (Å²) in [6.07, 6.45) is -1.23. The van der Waals surface area contributed by atoms with Crippen LogP contribution in [0.1, 0.15) is 19.8 Å². The number of rotatable bonds is 7. The van der Waals surface area contributed by atoms with Gasteiger partial charge in [0.25, 0.3) is 0 Å². The van der Waals surface area contributed by atoms with Crippen LogP contribution in [0.15, 0.2) is 0 Å². The minimum Gasteiger partial charge on any atom is -0.481 e. The molecular formula is C11H21NO6. The van der Waals surface area contributed by atoms with Gasteiger partial charge in [-0.15, -0.1) is 0 Å². The van der Waals surface area contributed by atoms with Gasteiger partial charge in [-0.1, -0.05) is 6.92 Å². The average Bonchev–Trinajstić information content (AvgIpc) is 2.57.